The van der Waals surface area contributed by atoms with Gasteiger partial charge in [0.25, 0.3) is 5.91 Å². The van der Waals surface area contributed by atoms with Crippen LogP contribution in [0.15, 0.2) is 36.4 Å². The Labute approximate surface area is 165 Å². The third-order valence-corrected chi connectivity index (χ3v) is 5.60. The summed E-state index contributed by atoms with van der Waals surface area (Å²) in [5, 5.41) is 3.66. The number of anilines is 2. The summed E-state index contributed by atoms with van der Waals surface area (Å²) in [6.45, 7) is -0.191. The number of ether oxygens (including phenoxy) is 1. The smallest absolute Gasteiger partial charge is 0.267 e. The summed E-state index contributed by atoms with van der Waals surface area (Å²) >= 11 is 17.8. The van der Waals surface area contributed by atoms with E-state index in [1.165, 1.54) is 18.2 Å². The Bertz CT molecular complexity index is 981. The van der Waals surface area contributed by atoms with E-state index in [2.05, 4.69) is 5.32 Å². The Morgan fingerprint density at radius 2 is 1.81 bits per heavy atom. The number of halogens is 3. The first-order chi connectivity index (χ1) is 12.1. The number of amides is 1. The highest BCUT2D eigenvalue weighted by atomic mass is 35.5. The van der Waals surface area contributed by atoms with Gasteiger partial charge in [-0.2, -0.15) is 0 Å². The second-order valence-corrected chi connectivity index (χ2v) is 8.81. The van der Waals surface area contributed by atoms with E-state index in [0.717, 1.165) is 10.6 Å². The largest absolute Gasteiger partial charge is 0.476 e. The molecule has 2 aromatic rings. The quantitative estimate of drug-likeness (QED) is 0.795. The minimum absolute atomic E-state index is 0.191. The lowest BCUT2D eigenvalue weighted by molar-refractivity contribution is -0.122. The third kappa shape index (κ3) is 4.01. The summed E-state index contributed by atoms with van der Waals surface area (Å²) in [6.07, 6.45) is -0.0150. The highest BCUT2D eigenvalue weighted by molar-refractivity contribution is 7.92. The molecule has 1 aliphatic rings. The molecule has 3 rings (SSSR count). The zero-order valence-corrected chi connectivity index (χ0v) is 16.5. The Balaban J connectivity index is 1.89. The van der Waals surface area contributed by atoms with Crippen LogP contribution in [0.25, 0.3) is 0 Å². The van der Waals surface area contributed by atoms with Crippen LogP contribution >= 0.6 is 34.8 Å². The van der Waals surface area contributed by atoms with Crippen LogP contribution in [0.4, 0.5) is 11.4 Å². The number of hydrogen-bond donors (Lipinski definition) is 1. The molecule has 0 spiro atoms. The SMILES string of the molecule is CS(=O)(=O)N1C[C@H](C(=O)Nc2ccc(Cl)cc2Cl)Oc2ccc(Cl)cc21. The molecule has 1 heterocycles. The fourth-order valence-corrected chi connectivity index (χ4v) is 4.01. The monoisotopic (exact) mass is 434 g/mol. The molecule has 0 fully saturated rings. The Morgan fingerprint density at radius 1 is 1.15 bits per heavy atom. The van der Waals surface area contributed by atoms with Gasteiger partial charge in [-0.25, -0.2) is 8.42 Å². The molecular weight excluding hydrogens is 423 g/mol. The van der Waals surface area contributed by atoms with Crippen LogP contribution in [-0.2, 0) is 14.8 Å². The van der Waals surface area contributed by atoms with Crippen molar-refractivity contribution in [2.24, 2.45) is 0 Å². The Hall–Kier alpha value is -1.67. The van der Waals surface area contributed by atoms with Crippen molar-refractivity contribution < 1.29 is 17.9 Å². The summed E-state index contributed by atoms with van der Waals surface area (Å²) in [4.78, 5) is 12.6. The van der Waals surface area contributed by atoms with Crippen LogP contribution in [0.5, 0.6) is 5.75 Å². The van der Waals surface area contributed by atoms with E-state index in [1.807, 2.05) is 0 Å². The van der Waals surface area contributed by atoms with E-state index in [0.29, 0.717) is 15.7 Å². The standard InChI is InChI=1S/C16H13Cl3N2O4S/c1-26(23,24)21-8-15(25-14-5-3-10(18)7-13(14)21)16(22)20-12-4-2-9(17)6-11(12)19/h2-7,15H,8H2,1H3,(H,20,22)/t15-/m1/s1. The molecule has 0 saturated heterocycles. The van der Waals surface area contributed by atoms with Crippen LogP contribution in [0.3, 0.4) is 0 Å². The molecule has 0 bridgehead atoms. The van der Waals surface area contributed by atoms with Crippen molar-refractivity contribution in [3.63, 3.8) is 0 Å². The number of fused-ring (bicyclic) bond motifs is 1. The first kappa shape index (κ1) is 19.1. The van der Waals surface area contributed by atoms with Crippen molar-refractivity contribution >= 4 is 62.1 Å². The summed E-state index contributed by atoms with van der Waals surface area (Å²) in [5.41, 5.74) is 0.631. The fraction of sp³-hybridized carbons (Fsp3) is 0.188. The molecule has 0 aromatic heterocycles. The molecule has 1 atom stereocenters. The van der Waals surface area contributed by atoms with Crippen LogP contribution in [0.1, 0.15) is 0 Å². The number of rotatable bonds is 3. The number of carbonyl (C=O) groups is 1. The lowest BCUT2D eigenvalue weighted by Crippen LogP contribution is -2.48. The van der Waals surface area contributed by atoms with Gasteiger partial charge in [-0.1, -0.05) is 34.8 Å². The average Bonchev–Trinajstić information content (AvgIpc) is 2.55. The molecule has 1 aliphatic heterocycles. The number of sulfonamides is 1. The molecule has 0 saturated carbocycles. The molecule has 1 amide bonds. The summed E-state index contributed by atoms with van der Waals surface area (Å²) in [5.74, 6) is -0.295. The molecule has 1 N–H and O–H groups in total. The molecule has 0 radical (unpaired) electrons. The number of carbonyl (C=O) groups excluding carboxylic acids is 1. The van der Waals surface area contributed by atoms with E-state index < -0.39 is 22.0 Å². The fourth-order valence-electron chi connectivity index (χ4n) is 2.48. The molecule has 2 aromatic carbocycles. The molecule has 138 valence electrons. The van der Waals surface area contributed by atoms with Crippen molar-refractivity contribution in [2.75, 3.05) is 22.4 Å². The van der Waals surface area contributed by atoms with Gasteiger partial charge in [-0.05, 0) is 36.4 Å². The van der Waals surface area contributed by atoms with Gasteiger partial charge in [0.2, 0.25) is 10.0 Å². The normalized spacial score (nSPS) is 16.6. The average molecular weight is 436 g/mol. The number of hydrogen-bond acceptors (Lipinski definition) is 4. The van der Waals surface area contributed by atoms with Crippen molar-refractivity contribution in [3.8, 4) is 5.75 Å². The first-order valence-corrected chi connectivity index (χ1v) is 10.3. The molecule has 10 heteroatoms. The van der Waals surface area contributed by atoms with Gasteiger partial charge >= 0.3 is 0 Å². The second kappa shape index (κ2) is 7.15. The van der Waals surface area contributed by atoms with E-state index in [1.54, 1.807) is 18.2 Å². The van der Waals surface area contributed by atoms with Gasteiger partial charge in [0.05, 0.1) is 29.2 Å². The Morgan fingerprint density at radius 3 is 2.46 bits per heavy atom. The molecular formula is C16H13Cl3N2O4S. The van der Waals surface area contributed by atoms with Gasteiger partial charge in [0.15, 0.2) is 6.10 Å². The van der Waals surface area contributed by atoms with Crippen molar-refractivity contribution in [1.29, 1.82) is 0 Å². The highest BCUT2D eigenvalue weighted by Gasteiger charge is 2.35. The van der Waals surface area contributed by atoms with E-state index >= 15 is 0 Å². The Kier molecular flexibility index (Phi) is 5.25. The van der Waals surface area contributed by atoms with Gasteiger partial charge in [-0.15, -0.1) is 0 Å². The second-order valence-electron chi connectivity index (χ2n) is 5.63. The molecule has 26 heavy (non-hydrogen) atoms. The van der Waals surface area contributed by atoms with Crippen LogP contribution in [0, 0.1) is 0 Å². The molecule has 0 aliphatic carbocycles. The molecule has 6 nitrogen and oxygen atoms in total. The number of nitrogens with zero attached hydrogens (tertiary/aromatic N) is 1. The predicted molar refractivity (Wildman–Crippen MR) is 103 cm³/mol. The minimum atomic E-state index is -3.64. The van der Waals surface area contributed by atoms with Crippen molar-refractivity contribution in [2.45, 2.75) is 6.10 Å². The maximum absolute atomic E-state index is 12.6. The van der Waals surface area contributed by atoms with Gasteiger partial charge in [0.1, 0.15) is 5.75 Å². The highest BCUT2D eigenvalue weighted by Crippen LogP contribution is 2.37. The van der Waals surface area contributed by atoms with E-state index in [-0.39, 0.29) is 23.0 Å². The maximum atomic E-state index is 12.6. The van der Waals surface area contributed by atoms with Crippen molar-refractivity contribution in [1.82, 2.24) is 0 Å². The lowest BCUT2D eigenvalue weighted by atomic mass is 10.2. The zero-order chi connectivity index (χ0) is 19.1. The summed E-state index contributed by atoms with van der Waals surface area (Å²) in [7, 11) is -3.64. The van der Waals surface area contributed by atoms with Gasteiger partial charge in [0, 0.05) is 10.0 Å². The van der Waals surface area contributed by atoms with E-state index in [4.69, 9.17) is 39.5 Å². The van der Waals surface area contributed by atoms with Gasteiger partial charge < -0.3 is 10.1 Å². The van der Waals surface area contributed by atoms with Gasteiger partial charge in [-0.3, -0.25) is 9.10 Å². The van der Waals surface area contributed by atoms with Crippen molar-refractivity contribution in [3.05, 3.63) is 51.5 Å². The summed E-state index contributed by atoms with van der Waals surface area (Å²) < 4.78 is 31.0. The van der Waals surface area contributed by atoms with Crippen LogP contribution in [-0.4, -0.2) is 33.2 Å². The maximum Gasteiger partial charge on any atom is 0.267 e. The van der Waals surface area contributed by atoms with E-state index in [9.17, 15) is 13.2 Å². The lowest BCUT2D eigenvalue weighted by Gasteiger charge is -2.34. The summed E-state index contributed by atoms with van der Waals surface area (Å²) in [6, 6.07) is 9.16. The van der Waals surface area contributed by atoms with Crippen LogP contribution < -0.4 is 14.4 Å². The third-order valence-electron chi connectivity index (χ3n) is 3.67. The predicted octanol–water partition coefficient (Wildman–Crippen LogP) is 3.81. The number of benzene rings is 2. The number of nitrogens with one attached hydrogen (secondary N) is 1. The van der Waals surface area contributed by atoms with Crippen LogP contribution in [0.2, 0.25) is 15.1 Å². The minimum Gasteiger partial charge on any atom is -0.476 e. The molecule has 0 unspecified atom stereocenters. The topological polar surface area (TPSA) is 75.7 Å². The zero-order valence-electron chi connectivity index (χ0n) is 13.4. The first-order valence-electron chi connectivity index (χ1n) is 7.35.